The molecular weight excluding hydrogens is 439 g/mol. The topological polar surface area (TPSA) is 88.9 Å². The van der Waals surface area contributed by atoms with Crippen molar-refractivity contribution >= 4 is 10.9 Å². The summed E-state index contributed by atoms with van der Waals surface area (Å²) in [6.07, 6.45) is 3.22. The summed E-state index contributed by atoms with van der Waals surface area (Å²) in [5, 5.41) is 14.5. The smallest absolute Gasteiger partial charge is 0.251 e. The molecule has 3 aromatic rings. The molecule has 0 amide bonds. The fourth-order valence-corrected chi connectivity index (χ4v) is 4.69. The molecule has 4 heterocycles. The van der Waals surface area contributed by atoms with Gasteiger partial charge in [0.1, 0.15) is 19.0 Å². The standard InChI is InChI=1S/C25H29FN4O4/c26-19-3-1-18-2-4-24(32)30(21(18)13-19)10-9-29-7-5-25(17-31,6-8-29)28-15-20-14-22-23(16-27-20)34-12-11-33-22/h1-4,13-14,16,28,31H,5-12,15,17H2. The third-order valence-corrected chi connectivity index (χ3v) is 6.84. The van der Waals surface area contributed by atoms with Crippen LogP contribution in [0.3, 0.4) is 0 Å². The molecule has 0 radical (unpaired) electrons. The number of hydrogen-bond acceptors (Lipinski definition) is 7. The van der Waals surface area contributed by atoms with Gasteiger partial charge in [-0.15, -0.1) is 0 Å². The lowest BCUT2D eigenvalue weighted by Gasteiger charge is -2.41. The number of hydrogen-bond donors (Lipinski definition) is 2. The van der Waals surface area contributed by atoms with Gasteiger partial charge in [0.15, 0.2) is 11.5 Å². The van der Waals surface area contributed by atoms with E-state index in [4.69, 9.17) is 9.47 Å². The number of piperidine rings is 1. The number of benzene rings is 1. The Hall–Kier alpha value is -3.01. The molecule has 1 aromatic carbocycles. The van der Waals surface area contributed by atoms with Crippen molar-refractivity contribution in [2.24, 2.45) is 0 Å². The summed E-state index contributed by atoms with van der Waals surface area (Å²) in [6.45, 7) is 4.36. The van der Waals surface area contributed by atoms with E-state index in [9.17, 15) is 14.3 Å². The Bertz CT molecular complexity index is 1220. The van der Waals surface area contributed by atoms with E-state index in [-0.39, 0.29) is 23.5 Å². The highest BCUT2D eigenvalue weighted by Crippen LogP contribution is 2.30. The van der Waals surface area contributed by atoms with Crippen LogP contribution in [0.2, 0.25) is 0 Å². The second kappa shape index (κ2) is 9.69. The quantitative estimate of drug-likeness (QED) is 0.548. The van der Waals surface area contributed by atoms with E-state index in [0.717, 1.165) is 37.0 Å². The number of aliphatic hydroxyl groups excluding tert-OH is 1. The first kappa shape index (κ1) is 22.8. The minimum absolute atomic E-state index is 0.0352. The highest BCUT2D eigenvalue weighted by molar-refractivity contribution is 5.78. The van der Waals surface area contributed by atoms with Crippen LogP contribution in [0, 0.1) is 5.82 Å². The summed E-state index contributed by atoms with van der Waals surface area (Å²) in [4.78, 5) is 19.2. The molecule has 0 spiro atoms. The first-order chi connectivity index (χ1) is 16.5. The molecule has 34 heavy (non-hydrogen) atoms. The largest absolute Gasteiger partial charge is 0.486 e. The number of rotatable bonds is 7. The molecule has 1 saturated heterocycles. The van der Waals surface area contributed by atoms with Gasteiger partial charge in [-0.25, -0.2) is 4.39 Å². The van der Waals surface area contributed by atoms with E-state index in [0.29, 0.717) is 49.9 Å². The Morgan fingerprint density at radius 3 is 2.62 bits per heavy atom. The van der Waals surface area contributed by atoms with Crippen LogP contribution in [-0.4, -0.2) is 64.6 Å². The number of fused-ring (bicyclic) bond motifs is 2. The summed E-state index contributed by atoms with van der Waals surface area (Å²) in [7, 11) is 0. The molecule has 0 aliphatic carbocycles. The van der Waals surface area contributed by atoms with Crippen molar-refractivity contribution in [1.82, 2.24) is 19.8 Å². The Balaban J connectivity index is 1.18. The first-order valence-electron chi connectivity index (χ1n) is 11.7. The van der Waals surface area contributed by atoms with Gasteiger partial charge in [0.25, 0.3) is 5.56 Å². The number of aliphatic hydroxyl groups is 1. The van der Waals surface area contributed by atoms with Gasteiger partial charge < -0.3 is 29.4 Å². The molecule has 5 rings (SSSR count). The summed E-state index contributed by atoms with van der Waals surface area (Å²) in [6, 6.07) is 9.66. The molecule has 0 unspecified atom stereocenters. The molecule has 180 valence electrons. The lowest BCUT2D eigenvalue weighted by atomic mass is 9.88. The number of nitrogens with zero attached hydrogens (tertiary/aromatic N) is 3. The van der Waals surface area contributed by atoms with Crippen molar-refractivity contribution in [3.05, 3.63) is 64.5 Å². The fourth-order valence-electron chi connectivity index (χ4n) is 4.69. The molecule has 0 saturated carbocycles. The Kier molecular flexibility index (Phi) is 6.49. The van der Waals surface area contributed by atoms with Crippen LogP contribution < -0.4 is 20.3 Å². The third kappa shape index (κ3) is 4.77. The van der Waals surface area contributed by atoms with Gasteiger partial charge in [-0.3, -0.25) is 9.78 Å². The Morgan fingerprint density at radius 1 is 1.06 bits per heavy atom. The van der Waals surface area contributed by atoms with Gasteiger partial charge in [0.05, 0.1) is 24.0 Å². The Labute approximate surface area is 196 Å². The first-order valence-corrected chi connectivity index (χ1v) is 11.7. The average molecular weight is 469 g/mol. The average Bonchev–Trinajstić information content (AvgIpc) is 2.87. The molecule has 2 aromatic heterocycles. The zero-order valence-corrected chi connectivity index (χ0v) is 19.0. The van der Waals surface area contributed by atoms with Crippen LogP contribution >= 0.6 is 0 Å². The molecule has 0 bridgehead atoms. The molecular formula is C25H29FN4O4. The van der Waals surface area contributed by atoms with Crippen LogP contribution in [0.25, 0.3) is 10.9 Å². The van der Waals surface area contributed by atoms with E-state index in [1.54, 1.807) is 22.9 Å². The maximum absolute atomic E-state index is 13.8. The molecule has 1 fully saturated rings. The number of nitrogens with one attached hydrogen (secondary N) is 1. The van der Waals surface area contributed by atoms with Gasteiger partial charge in [-0.1, -0.05) is 0 Å². The van der Waals surface area contributed by atoms with Crippen LogP contribution in [0.4, 0.5) is 4.39 Å². The zero-order chi connectivity index (χ0) is 23.5. The maximum Gasteiger partial charge on any atom is 0.251 e. The minimum Gasteiger partial charge on any atom is -0.486 e. The maximum atomic E-state index is 13.8. The second-order valence-corrected chi connectivity index (χ2v) is 8.98. The van der Waals surface area contributed by atoms with Crippen molar-refractivity contribution in [2.45, 2.75) is 31.5 Å². The monoisotopic (exact) mass is 468 g/mol. The van der Waals surface area contributed by atoms with Crippen molar-refractivity contribution in [3.8, 4) is 11.5 Å². The molecule has 9 heteroatoms. The van der Waals surface area contributed by atoms with Crippen LogP contribution in [0.1, 0.15) is 18.5 Å². The van der Waals surface area contributed by atoms with Gasteiger partial charge in [0.2, 0.25) is 0 Å². The summed E-state index contributed by atoms with van der Waals surface area (Å²) in [5.41, 5.74) is 0.934. The summed E-state index contributed by atoms with van der Waals surface area (Å²) >= 11 is 0. The number of ether oxygens (including phenoxy) is 2. The van der Waals surface area contributed by atoms with Gasteiger partial charge in [-0.2, -0.15) is 0 Å². The van der Waals surface area contributed by atoms with Gasteiger partial charge in [-0.05, 0) is 42.5 Å². The summed E-state index contributed by atoms with van der Waals surface area (Å²) < 4.78 is 26.6. The zero-order valence-electron chi connectivity index (χ0n) is 19.0. The van der Waals surface area contributed by atoms with Crippen LogP contribution in [-0.2, 0) is 13.1 Å². The van der Waals surface area contributed by atoms with Crippen LogP contribution in [0.5, 0.6) is 11.5 Å². The minimum atomic E-state index is -0.384. The lowest BCUT2D eigenvalue weighted by Crippen LogP contribution is -2.55. The van der Waals surface area contributed by atoms with E-state index in [1.807, 2.05) is 6.07 Å². The lowest BCUT2D eigenvalue weighted by molar-refractivity contribution is 0.0756. The van der Waals surface area contributed by atoms with Crippen molar-refractivity contribution in [1.29, 1.82) is 0 Å². The number of aromatic nitrogens is 2. The normalized spacial score (nSPS) is 17.7. The van der Waals surface area contributed by atoms with Crippen molar-refractivity contribution in [2.75, 3.05) is 39.5 Å². The predicted molar refractivity (Wildman–Crippen MR) is 126 cm³/mol. The van der Waals surface area contributed by atoms with E-state index < -0.39 is 0 Å². The number of pyridine rings is 2. The SMILES string of the molecule is O=c1ccc2ccc(F)cc2n1CCN1CCC(CO)(NCc2cc3c(cn2)OCCO3)CC1. The van der Waals surface area contributed by atoms with Crippen LogP contribution in [0.15, 0.2) is 47.4 Å². The molecule has 2 aliphatic rings. The Morgan fingerprint density at radius 2 is 1.82 bits per heavy atom. The predicted octanol–water partition coefficient (Wildman–Crippen LogP) is 1.92. The molecule has 2 N–H and O–H groups in total. The van der Waals surface area contributed by atoms with Crippen molar-refractivity contribution < 1.29 is 19.0 Å². The van der Waals surface area contributed by atoms with Gasteiger partial charge >= 0.3 is 0 Å². The fraction of sp³-hybridized carbons (Fsp3) is 0.440. The van der Waals surface area contributed by atoms with E-state index >= 15 is 0 Å². The number of halogens is 1. The molecule has 2 aliphatic heterocycles. The van der Waals surface area contributed by atoms with Crippen molar-refractivity contribution in [3.63, 3.8) is 0 Å². The number of likely N-dealkylation sites (tertiary alicyclic amines) is 1. The van der Waals surface area contributed by atoms with E-state index in [2.05, 4.69) is 15.2 Å². The third-order valence-electron chi connectivity index (χ3n) is 6.84. The highest BCUT2D eigenvalue weighted by Gasteiger charge is 2.33. The molecule has 8 nitrogen and oxygen atoms in total. The summed E-state index contributed by atoms with van der Waals surface area (Å²) in [5.74, 6) is 1.01. The van der Waals surface area contributed by atoms with E-state index in [1.165, 1.54) is 18.2 Å². The van der Waals surface area contributed by atoms with Gasteiger partial charge in [0, 0.05) is 50.4 Å². The second-order valence-electron chi connectivity index (χ2n) is 8.98. The molecule has 0 atom stereocenters. The highest BCUT2D eigenvalue weighted by atomic mass is 19.1.